The second-order valence-corrected chi connectivity index (χ2v) is 8.08. The molecule has 4 rings (SSSR count). The number of thiophene rings is 1. The molecule has 1 N–H and O–H groups in total. The fourth-order valence-corrected chi connectivity index (χ4v) is 5.04. The SMILES string of the molecule is O=c1[nH]c(SCCOc2ccc(F)cc2)nc2sc3c(c12)CCCC3. The van der Waals surface area contributed by atoms with Gasteiger partial charge in [0.2, 0.25) is 0 Å². The van der Waals surface area contributed by atoms with Gasteiger partial charge in [-0.2, -0.15) is 0 Å². The molecule has 0 amide bonds. The van der Waals surface area contributed by atoms with Crippen molar-refractivity contribution in [2.24, 2.45) is 0 Å². The Kier molecular flexibility index (Phi) is 4.76. The number of hydrogen-bond donors (Lipinski definition) is 1. The van der Waals surface area contributed by atoms with E-state index in [4.69, 9.17) is 4.74 Å². The molecule has 0 atom stereocenters. The Morgan fingerprint density at radius 3 is 2.88 bits per heavy atom. The summed E-state index contributed by atoms with van der Waals surface area (Å²) in [5.74, 6) is 0.997. The lowest BCUT2D eigenvalue weighted by Gasteiger charge is -2.09. The number of fused-ring (bicyclic) bond motifs is 3. The highest BCUT2D eigenvalue weighted by Gasteiger charge is 2.19. The fourth-order valence-electron chi connectivity index (χ4n) is 3.04. The molecule has 25 heavy (non-hydrogen) atoms. The number of ether oxygens (including phenoxy) is 1. The third-order valence-corrected chi connectivity index (χ3v) is 6.23. The van der Waals surface area contributed by atoms with E-state index in [2.05, 4.69) is 9.97 Å². The zero-order chi connectivity index (χ0) is 17.2. The topological polar surface area (TPSA) is 55.0 Å². The number of nitrogens with zero attached hydrogens (tertiary/aromatic N) is 1. The maximum atomic E-state index is 12.8. The van der Waals surface area contributed by atoms with Crippen molar-refractivity contribution in [2.75, 3.05) is 12.4 Å². The molecule has 3 aromatic rings. The fraction of sp³-hybridized carbons (Fsp3) is 0.333. The van der Waals surface area contributed by atoms with Crippen LogP contribution in [0.5, 0.6) is 5.75 Å². The van der Waals surface area contributed by atoms with Gasteiger partial charge in [0.05, 0.1) is 12.0 Å². The highest BCUT2D eigenvalue weighted by atomic mass is 32.2. The minimum absolute atomic E-state index is 0.0358. The first-order chi connectivity index (χ1) is 12.2. The second kappa shape index (κ2) is 7.17. The van der Waals surface area contributed by atoms with Crippen molar-refractivity contribution in [3.05, 3.63) is 50.9 Å². The Bertz CT molecular complexity index is 950. The van der Waals surface area contributed by atoms with Gasteiger partial charge in [-0.25, -0.2) is 9.37 Å². The minimum atomic E-state index is -0.282. The van der Waals surface area contributed by atoms with Crippen LogP contribution in [-0.2, 0) is 12.8 Å². The van der Waals surface area contributed by atoms with E-state index in [0.29, 0.717) is 23.3 Å². The van der Waals surface area contributed by atoms with Crippen molar-refractivity contribution in [1.82, 2.24) is 9.97 Å². The van der Waals surface area contributed by atoms with Gasteiger partial charge in [-0.3, -0.25) is 4.79 Å². The number of aromatic nitrogens is 2. The summed E-state index contributed by atoms with van der Waals surface area (Å²) in [4.78, 5) is 22.1. The summed E-state index contributed by atoms with van der Waals surface area (Å²) < 4.78 is 18.4. The number of aryl methyl sites for hydroxylation is 2. The van der Waals surface area contributed by atoms with Crippen LogP contribution in [0.25, 0.3) is 10.2 Å². The van der Waals surface area contributed by atoms with E-state index in [0.717, 1.165) is 29.5 Å². The lowest BCUT2D eigenvalue weighted by atomic mass is 9.97. The highest BCUT2D eigenvalue weighted by molar-refractivity contribution is 7.99. The van der Waals surface area contributed by atoms with E-state index in [1.54, 1.807) is 23.5 Å². The summed E-state index contributed by atoms with van der Waals surface area (Å²) in [6.45, 7) is 0.457. The van der Waals surface area contributed by atoms with Crippen LogP contribution in [-0.4, -0.2) is 22.3 Å². The molecule has 2 aromatic heterocycles. The van der Waals surface area contributed by atoms with Crippen LogP contribution in [0.2, 0.25) is 0 Å². The van der Waals surface area contributed by atoms with Crippen LogP contribution in [0, 0.1) is 5.82 Å². The first-order valence-electron chi connectivity index (χ1n) is 8.26. The average molecular weight is 376 g/mol. The van der Waals surface area contributed by atoms with Crippen molar-refractivity contribution < 1.29 is 9.13 Å². The molecule has 0 saturated carbocycles. The normalized spacial score (nSPS) is 13.8. The van der Waals surface area contributed by atoms with Crippen molar-refractivity contribution in [1.29, 1.82) is 0 Å². The third kappa shape index (κ3) is 3.57. The van der Waals surface area contributed by atoms with Crippen LogP contribution in [0.3, 0.4) is 0 Å². The summed E-state index contributed by atoms with van der Waals surface area (Å²) in [5.41, 5.74) is 1.17. The molecule has 1 aliphatic rings. The number of H-pyrrole nitrogens is 1. The molecule has 0 fully saturated rings. The quantitative estimate of drug-likeness (QED) is 0.412. The zero-order valence-corrected chi connectivity index (χ0v) is 15.1. The van der Waals surface area contributed by atoms with Gasteiger partial charge < -0.3 is 9.72 Å². The molecule has 7 heteroatoms. The summed E-state index contributed by atoms with van der Waals surface area (Å²) >= 11 is 3.11. The van der Waals surface area contributed by atoms with Crippen molar-refractivity contribution >= 4 is 33.3 Å². The number of nitrogens with one attached hydrogen (secondary N) is 1. The molecule has 0 spiro atoms. The van der Waals surface area contributed by atoms with Crippen molar-refractivity contribution in [2.45, 2.75) is 30.8 Å². The van der Waals surface area contributed by atoms with Gasteiger partial charge in [-0.1, -0.05) is 11.8 Å². The van der Waals surface area contributed by atoms with E-state index >= 15 is 0 Å². The molecule has 0 radical (unpaired) electrons. The predicted molar refractivity (Wildman–Crippen MR) is 99.5 cm³/mol. The molecule has 0 aliphatic heterocycles. The molecular formula is C18H17FN2O2S2. The van der Waals surface area contributed by atoms with Gasteiger partial charge in [-0.05, 0) is 55.5 Å². The number of hydrogen-bond acceptors (Lipinski definition) is 5. The van der Waals surface area contributed by atoms with Crippen LogP contribution >= 0.6 is 23.1 Å². The van der Waals surface area contributed by atoms with Gasteiger partial charge in [0.15, 0.2) is 5.16 Å². The molecule has 1 aromatic carbocycles. The van der Waals surface area contributed by atoms with Crippen molar-refractivity contribution in [3.8, 4) is 5.75 Å². The third-order valence-electron chi connectivity index (χ3n) is 4.21. The van der Waals surface area contributed by atoms with E-state index in [1.807, 2.05) is 0 Å². The number of benzene rings is 1. The maximum Gasteiger partial charge on any atom is 0.260 e. The monoisotopic (exact) mass is 376 g/mol. The highest BCUT2D eigenvalue weighted by Crippen LogP contribution is 2.34. The van der Waals surface area contributed by atoms with E-state index < -0.39 is 0 Å². The Balaban J connectivity index is 1.43. The molecular weight excluding hydrogens is 359 g/mol. The van der Waals surface area contributed by atoms with E-state index in [1.165, 1.54) is 40.8 Å². The first-order valence-corrected chi connectivity index (χ1v) is 10.1. The minimum Gasteiger partial charge on any atom is -0.493 e. The van der Waals surface area contributed by atoms with Gasteiger partial charge in [0, 0.05) is 10.6 Å². The average Bonchev–Trinajstić information content (AvgIpc) is 2.99. The second-order valence-electron chi connectivity index (χ2n) is 5.91. The Morgan fingerprint density at radius 1 is 1.24 bits per heavy atom. The van der Waals surface area contributed by atoms with Crippen LogP contribution < -0.4 is 10.3 Å². The van der Waals surface area contributed by atoms with Crippen LogP contribution in [0.15, 0.2) is 34.2 Å². The van der Waals surface area contributed by atoms with Crippen LogP contribution in [0.4, 0.5) is 4.39 Å². The summed E-state index contributed by atoms with van der Waals surface area (Å²) in [6, 6.07) is 5.94. The molecule has 0 unspecified atom stereocenters. The van der Waals surface area contributed by atoms with E-state index in [-0.39, 0.29) is 11.4 Å². The smallest absolute Gasteiger partial charge is 0.260 e. The number of aromatic amines is 1. The molecule has 2 heterocycles. The van der Waals surface area contributed by atoms with Crippen LogP contribution in [0.1, 0.15) is 23.3 Å². The molecule has 0 saturated heterocycles. The Hall–Kier alpha value is -1.86. The number of thioether (sulfide) groups is 1. The molecule has 130 valence electrons. The lowest BCUT2D eigenvalue weighted by Crippen LogP contribution is -2.11. The lowest BCUT2D eigenvalue weighted by molar-refractivity contribution is 0.343. The van der Waals surface area contributed by atoms with Gasteiger partial charge in [0.1, 0.15) is 16.4 Å². The predicted octanol–water partition coefficient (Wildman–Crippen LogP) is 4.17. The van der Waals surface area contributed by atoms with Gasteiger partial charge in [-0.15, -0.1) is 11.3 Å². The van der Waals surface area contributed by atoms with E-state index in [9.17, 15) is 9.18 Å². The largest absolute Gasteiger partial charge is 0.493 e. The van der Waals surface area contributed by atoms with Gasteiger partial charge >= 0.3 is 0 Å². The Labute approximate surface area is 152 Å². The first kappa shape index (κ1) is 16.6. The molecule has 4 nitrogen and oxygen atoms in total. The standard InChI is InChI=1S/C18H17FN2O2S2/c19-11-5-7-12(8-6-11)23-9-10-24-18-20-16(22)15-13-3-1-2-4-14(13)25-17(15)21-18/h5-8H,1-4,9-10H2,(H,20,21,22). The summed E-state index contributed by atoms with van der Waals surface area (Å²) in [7, 11) is 0. The molecule has 1 aliphatic carbocycles. The number of rotatable bonds is 5. The summed E-state index contributed by atoms with van der Waals surface area (Å²) in [5, 5.41) is 1.41. The van der Waals surface area contributed by atoms with Gasteiger partial charge in [0.25, 0.3) is 5.56 Å². The maximum absolute atomic E-state index is 12.8. The Morgan fingerprint density at radius 2 is 2.04 bits per heavy atom. The zero-order valence-electron chi connectivity index (χ0n) is 13.5. The molecule has 0 bridgehead atoms. The number of halogens is 1. The summed E-state index contributed by atoms with van der Waals surface area (Å²) in [6.07, 6.45) is 4.39. The van der Waals surface area contributed by atoms with Crippen molar-refractivity contribution in [3.63, 3.8) is 0 Å².